The lowest BCUT2D eigenvalue weighted by atomic mass is 10.2. The van der Waals surface area contributed by atoms with E-state index < -0.39 is 12.0 Å². The molecule has 1 aliphatic rings. The van der Waals surface area contributed by atoms with E-state index in [0.717, 1.165) is 0 Å². The molecule has 54 valence electrons. The molecule has 0 aromatic carbocycles. The fourth-order valence-corrected chi connectivity index (χ4v) is 0.622. The van der Waals surface area contributed by atoms with Crippen molar-refractivity contribution in [3.05, 3.63) is 0 Å². The summed E-state index contributed by atoms with van der Waals surface area (Å²) in [5, 5.41) is 0. The molecule has 0 aromatic heterocycles. The average Bonchev–Trinajstić information content (AvgIpc) is 2.34. The molecule has 1 atom stereocenters. The zero-order valence-corrected chi connectivity index (χ0v) is 5.46. The summed E-state index contributed by atoms with van der Waals surface area (Å²) in [5.41, 5.74) is 0. The SMILES string of the molecule is CCC(=O)C1O[C-]=NC1=O. The van der Waals surface area contributed by atoms with Crippen molar-refractivity contribution < 1.29 is 14.3 Å². The maximum Gasteiger partial charge on any atom is 0.162 e. The molecule has 1 amide bonds. The van der Waals surface area contributed by atoms with E-state index in [0.29, 0.717) is 0 Å². The van der Waals surface area contributed by atoms with Gasteiger partial charge in [-0.25, -0.2) is 0 Å². The number of Topliss-reactive ketones (excluding diaryl/α,β-unsaturated/α-hetero) is 1. The van der Waals surface area contributed by atoms with E-state index in [1.54, 1.807) is 6.92 Å². The van der Waals surface area contributed by atoms with Crippen molar-refractivity contribution in [2.45, 2.75) is 19.4 Å². The number of ether oxygens (including phenoxy) is 1. The first-order valence-electron chi connectivity index (χ1n) is 2.93. The third-order valence-corrected chi connectivity index (χ3v) is 1.19. The summed E-state index contributed by atoms with van der Waals surface area (Å²) in [4.78, 5) is 24.5. The van der Waals surface area contributed by atoms with Crippen molar-refractivity contribution >= 4 is 18.1 Å². The smallest absolute Gasteiger partial charge is 0.162 e. The average molecular weight is 140 g/mol. The second-order valence-electron chi connectivity index (χ2n) is 1.86. The lowest BCUT2D eigenvalue weighted by Gasteiger charge is -2.10. The van der Waals surface area contributed by atoms with Crippen molar-refractivity contribution in [2.24, 2.45) is 4.99 Å². The van der Waals surface area contributed by atoms with Gasteiger partial charge in [-0.3, -0.25) is 4.79 Å². The van der Waals surface area contributed by atoms with Crippen molar-refractivity contribution in [1.82, 2.24) is 0 Å². The van der Waals surface area contributed by atoms with Gasteiger partial charge >= 0.3 is 0 Å². The topological polar surface area (TPSA) is 55.7 Å². The zero-order chi connectivity index (χ0) is 7.56. The van der Waals surface area contributed by atoms with Crippen LogP contribution in [-0.2, 0) is 14.3 Å². The van der Waals surface area contributed by atoms with Crippen LogP contribution in [0.5, 0.6) is 0 Å². The van der Waals surface area contributed by atoms with Crippen molar-refractivity contribution in [1.29, 1.82) is 0 Å². The fraction of sp³-hybridized carbons (Fsp3) is 0.500. The van der Waals surface area contributed by atoms with E-state index in [9.17, 15) is 9.59 Å². The predicted octanol–water partition coefficient (Wildman–Crippen LogP) is -0.204. The summed E-state index contributed by atoms with van der Waals surface area (Å²) in [5.74, 6) is -0.800. The Morgan fingerprint density at radius 3 is 3.00 bits per heavy atom. The maximum atomic E-state index is 10.8. The van der Waals surface area contributed by atoms with Gasteiger partial charge in [0.25, 0.3) is 0 Å². The van der Waals surface area contributed by atoms with Crippen LogP contribution in [0.2, 0.25) is 0 Å². The Morgan fingerprint density at radius 1 is 1.90 bits per heavy atom. The number of hydrogen-bond donors (Lipinski definition) is 0. The van der Waals surface area contributed by atoms with Crippen LogP contribution in [0.4, 0.5) is 0 Å². The molecular weight excluding hydrogens is 134 g/mol. The Morgan fingerprint density at radius 2 is 2.60 bits per heavy atom. The Balaban J connectivity index is 2.59. The van der Waals surface area contributed by atoms with Gasteiger partial charge in [-0.05, 0) is 0 Å². The minimum Gasteiger partial charge on any atom is -0.570 e. The summed E-state index contributed by atoms with van der Waals surface area (Å²) in [7, 11) is 0. The molecule has 1 heterocycles. The number of hydrogen-bond acceptors (Lipinski definition) is 3. The molecule has 0 spiro atoms. The Kier molecular flexibility index (Phi) is 1.80. The summed E-state index contributed by atoms with van der Waals surface area (Å²) in [6.07, 6.45) is 1.27. The van der Waals surface area contributed by atoms with E-state index in [2.05, 4.69) is 9.73 Å². The third-order valence-electron chi connectivity index (χ3n) is 1.19. The molecule has 1 unspecified atom stereocenters. The number of nitrogens with zero attached hydrogens (tertiary/aromatic N) is 1. The van der Waals surface area contributed by atoms with Crippen LogP contribution >= 0.6 is 0 Å². The van der Waals surface area contributed by atoms with Crippen LogP contribution < -0.4 is 0 Å². The first-order chi connectivity index (χ1) is 4.75. The second kappa shape index (κ2) is 2.60. The number of amides is 1. The first kappa shape index (κ1) is 6.92. The van der Waals surface area contributed by atoms with Crippen LogP contribution in [0.25, 0.3) is 0 Å². The minimum atomic E-state index is -1.01. The third kappa shape index (κ3) is 1.05. The minimum absolute atomic E-state index is 0.251. The fourth-order valence-electron chi connectivity index (χ4n) is 0.622. The van der Waals surface area contributed by atoms with Crippen LogP contribution in [0.3, 0.4) is 0 Å². The largest absolute Gasteiger partial charge is 0.570 e. The molecule has 1 rings (SSSR count). The molecular formula is C6H6NO3-. The highest BCUT2D eigenvalue weighted by atomic mass is 16.5. The molecule has 10 heavy (non-hydrogen) atoms. The van der Waals surface area contributed by atoms with Gasteiger partial charge in [-0.15, -0.1) is 0 Å². The molecule has 0 aliphatic carbocycles. The lowest BCUT2D eigenvalue weighted by molar-refractivity contribution is -0.134. The summed E-state index contributed by atoms with van der Waals surface area (Å²) >= 11 is 0. The predicted molar refractivity (Wildman–Crippen MR) is 32.6 cm³/mol. The van der Waals surface area contributed by atoms with Crippen LogP contribution in [0.1, 0.15) is 13.3 Å². The molecule has 0 fully saturated rings. The number of carbonyl (C=O) groups excluding carboxylic acids is 2. The highest BCUT2D eigenvalue weighted by Crippen LogP contribution is 2.03. The lowest BCUT2D eigenvalue weighted by Crippen LogP contribution is -2.26. The standard InChI is InChI=1S/C6H6NO3/c1-2-4(8)5-6(9)7-3-10-5/h5H,2H2,1H3/q-1. The van der Waals surface area contributed by atoms with Crippen molar-refractivity contribution in [2.75, 3.05) is 0 Å². The number of rotatable bonds is 2. The van der Waals surface area contributed by atoms with Crippen LogP contribution in [-0.4, -0.2) is 24.2 Å². The normalized spacial score (nSPS) is 22.9. The summed E-state index contributed by atoms with van der Waals surface area (Å²) in [6.45, 7) is 1.66. The second-order valence-corrected chi connectivity index (χ2v) is 1.86. The summed E-state index contributed by atoms with van der Waals surface area (Å²) in [6, 6.07) is 0. The van der Waals surface area contributed by atoms with E-state index in [1.807, 2.05) is 6.40 Å². The van der Waals surface area contributed by atoms with E-state index in [1.165, 1.54) is 0 Å². The Hall–Kier alpha value is -1.19. The van der Waals surface area contributed by atoms with Gasteiger partial charge in [-0.2, -0.15) is 0 Å². The number of carbonyl (C=O) groups is 2. The Labute approximate surface area is 57.9 Å². The van der Waals surface area contributed by atoms with Gasteiger partial charge in [0, 0.05) is 12.8 Å². The van der Waals surface area contributed by atoms with Gasteiger partial charge in [-0.1, -0.05) is 6.92 Å². The van der Waals surface area contributed by atoms with Gasteiger partial charge in [0.2, 0.25) is 0 Å². The number of ketones is 1. The van der Waals surface area contributed by atoms with E-state index >= 15 is 0 Å². The molecule has 4 nitrogen and oxygen atoms in total. The molecule has 0 saturated carbocycles. The quantitative estimate of drug-likeness (QED) is 0.394. The molecule has 0 bridgehead atoms. The first-order valence-corrected chi connectivity index (χ1v) is 2.93. The molecule has 4 heteroatoms. The highest BCUT2D eigenvalue weighted by Gasteiger charge is 2.19. The van der Waals surface area contributed by atoms with Crippen LogP contribution in [0, 0.1) is 0 Å². The molecule has 0 saturated heterocycles. The van der Waals surface area contributed by atoms with Crippen molar-refractivity contribution in [3.63, 3.8) is 0 Å². The number of aliphatic imine (C=N–C) groups is 1. The van der Waals surface area contributed by atoms with E-state index in [4.69, 9.17) is 0 Å². The van der Waals surface area contributed by atoms with Crippen LogP contribution in [0.15, 0.2) is 4.99 Å². The zero-order valence-electron chi connectivity index (χ0n) is 5.46. The Bertz CT molecular complexity index is 197. The highest BCUT2D eigenvalue weighted by molar-refractivity contribution is 6.09. The van der Waals surface area contributed by atoms with Gasteiger partial charge < -0.3 is 14.5 Å². The van der Waals surface area contributed by atoms with Gasteiger partial charge in [0.15, 0.2) is 5.78 Å². The molecule has 0 radical (unpaired) electrons. The van der Waals surface area contributed by atoms with Gasteiger partial charge in [0.05, 0.1) is 0 Å². The summed E-state index contributed by atoms with van der Waals surface area (Å²) < 4.78 is 4.50. The van der Waals surface area contributed by atoms with E-state index in [-0.39, 0.29) is 12.2 Å². The van der Waals surface area contributed by atoms with Gasteiger partial charge in [0.1, 0.15) is 12.0 Å². The molecule has 0 N–H and O–H groups in total. The maximum absolute atomic E-state index is 10.8. The molecule has 1 aliphatic heterocycles. The van der Waals surface area contributed by atoms with Crippen molar-refractivity contribution in [3.8, 4) is 0 Å². The molecule has 0 aromatic rings. The monoisotopic (exact) mass is 140 g/mol.